The maximum Gasteiger partial charge on any atom is 0.410 e. The number of nitrogens with one attached hydrogen (secondary N) is 1. The summed E-state index contributed by atoms with van der Waals surface area (Å²) < 4.78 is 11.4. The van der Waals surface area contributed by atoms with Crippen molar-refractivity contribution in [2.24, 2.45) is 0 Å². The zero-order valence-corrected chi connectivity index (χ0v) is 13.4. The summed E-state index contributed by atoms with van der Waals surface area (Å²) >= 11 is 0. The van der Waals surface area contributed by atoms with E-state index in [1.165, 1.54) is 0 Å². The molecule has 1 N–H and O–H groups in total. The van der Waals surface area contributed by atoms with Crippen LogP contribution in [0, 0.1) is 0 Å². The first-order valence-electron chi connectivity index (χ1n) is 7.61. The van der Waals surface area contributed by atoms with E-state index in [0.717, 1.165) is 25.1 Å². The monoisotopic (exact) mass is 294 g/mol. The van der Waals surface area contributed by atoms with Gasteiger partial charge in [0.05, 0.1) is 18.8 Å². The first-order valence-corrected chi connectivity index (χ1v) is 7.61. The van der Waals surface area contributed by atoms with E-state index in [1.807, 2.05) is 46.0 Å². The molecule has 1 aliphatic heterocycles. The highest BCUT2D eigenvalue weighted by molar-refractivity contribution is 5.68. The molecule has 1 aromatic rings. The number of rotatable bonds is 4. The Morgan fingerprint density at radius 3 is 2.90 bits per heavy atom. The molecule has 5 nitrogen and oxygen atoms in total. The van der Waals surface area contributed by atoms with Crippen molar-refractivity contribution in [3.63, 3.8) is 0 Å². The van der Waals surface area contributed by atoms with Gasteiger partial charge in [-0.25, -0.2) is 4.79 Å². The van der Waals surface area contributed by atoms with Crippen molar-refractivity contribution in [3.8, 4) is 0 Å². The first kappa shape index (κ1) is 15.9. The quantitative estimate of drug-likeness (QED) is 0.924. The molecule has 1 fully saturated rings. The molecule has 118 valence electrons. The highest BCUT2D eigenvalue weighted by Gasteiger charge is 2.32. The molecule has 1 aromatic heterocycles. The van der Waals surface area contributed by atoms with Crippen molar-refractivity contribution in [2.75, 3.05) is 13.2 Å². The minimum Gasteiger partial charge on any atom is -0.444 e. The summed E-state index contributed by atoms with van der Waals surface area (Å²) in [6.45, 7) is 8.97. The number of hydrogen-bond donors (Lipinski definition) is 1. The zero-order chi connectivity index (χ0) is 15.5. The smallest absolute Gasteiger partial charge is 0.410 e. The second-order valence-electron chi connectivity index (χ2n) is 6.57. The predicted octanol–water partition coefficient (Wildman–Crippen LogP) is 3.49. The van der Waals surface area contributed by atoms with Gasteiger partial charge in [-0.3, -0.25) is 0 Å². The Kier molecular flexibility index (Phi) is 4.93. The highest BCUT2D eigenvalue weighted by Crippen LogP contribution is 2.23. The lowest BCUT2D eigenvalue weighted by molar-refractivity contribution is -0.00241. The zero-order valence-electron chi connectivity index (χ0n) is 13.4. The second kappa shape index (κ2) is 6.52. The molecule has 0 unspecified atom stereocenters. The van der Waals surface area contributed by atoms with Gasteiger partial charge in [-0.15, -0.1) is 0 Å². The van der Waals surface area contributed by atoms with Crippen LogP contribution >= 0.6 is 0 Å². The van der Waals surface area contributed by atoms with Gasteiger partial charge in [0.25, 0.3) is 0 Å². The normalized spacial score (nSPS) is 20.6. The molecule has 1 amide bonds. The Hall–Kier alpha value is -1.49. The summed E-state index contributed by atoms with van der Waals surface area (Å²) in [5.74, 6) is 0. The van der Waals surface area contributed by atoms with Gasteiger partial charge in [0.2, 0.25) is 0 Å². The fourth-order valence-corrected chi connectivity index (χ4v) is 2.51. The lowest BCUT2D eigenvalue weighted by Gasteiger charge is -2.29. The van der Waals surface area contributed by atoms with Crippen molar-refractivity contribution < 1.29 is 14.3 Å². The third-order valence-corrected chi connectivity index (χ3v) is 3.60. The third kappa shape index (κ3) is 4.49. The maximum atomic E-state index is 12.2. The van der Waals surface area contributed by atoms with Crippen LogP contribution in [0.25, 0.3) is 0 Å². The van der Waals surface area contributed by atoms with Gasteiger partial charge in [-0.1, -0.05) is 0 Å². The van der Waals surface area contributed by atoms with E-state index in [1.54, 1.807) is 4.90 Å². The number of carbonyl (C=O) groups is 1. The minimum atomic E-state index is -0.456. The Balaban J connectivity index is 1.86. The first-order chi connectivity index (χ1) is 9.87. The number of ether oxygens (including phenoxy) is 2. The topological polar surface area (TPSA) is 54.6 Å². The van der Waals surface area contributed by atoms with E-state index in [2.05, 4.69) is 4.98 Å². The van der Waals surface area contributed by atoms with E-state index < -0.39 is 5.60 Å². The molecule has 2 rings (SSSR count). The number of hydrogen-bond acceptors (Lipinski definition) is 3. The summed E-state index contributed by atoms with van der Waals surface area (Å²) in [4.78, 5) is 17.1. The molecule has 0 spiro atoms. The number of aromatic nitrogens is 1. The van der Waals surface area contributed by atoms with Crippen LogP contribution in [0.4, 0.5) is 4.79 Å². The van der Waals surface area contributed by atoms with E-state index in [4.69, 9.17) is 9.47 Å². The predicted molar refractivity (Wildman–Crippen MR) is 81.1 cm³/mol. The van der Waals surface area contributed by atoms with Crippen molar-refractivity contribution in [2.45, 2.75) is 58.3 Å². The fourth-order valence-electron chi connectivity index (χ4n) is 2.51. The van der Waals surface area contributed by atoms with Crippen LogP contribution in [0.3, 0.4) is 0 Å². The van der Waals surface area contributed by atoms with Crippen LogP contribution < -0.4 is 0 Å². The van der Waals surface area contributed by atoms with Crippen molar-refractivity contribution in [3.05, 3.63) is 24.0 Å². The van der Waals surface area contributed by atoms with Gasteiger partial charge in [0, 0.05) is 18.4 Å². The number of nitrogens with zero attached hydrogens (tertiary/aromatic N) is 1. The largest absolute Gasteiger partial charge is 0.444 e. The van der Waals surface area contributed by atoms with Gasteiger partial charge in [-0.05, 0) is 52.7 Å². The van der Waals surface area contributed by atoms with Gasteiger partial charge < -0.3 is 19.4 Å². The third-order valence-electron chi connectivity index (χ3n) is 3.60. The summed E-state index contributed by atoms with van der Waals surface area (Å²) in [7, 11) is 0. The molecular formula is C16H26N2O3. The lowest BCUT2D eigenvalue weighted by atomic mass is 10.2. The van der Waals surface area contributed by atoms with E-state index in [9.17, 15) is 4.79 Å². The summed E-state index contributed by atoms with van der Waals surface area (Å²) in [6.07, 6.45) is 3.63. The molecule has 1 saturated heterocycles. The molecular weight excluding hydrogens is 268 g/mol. The summed E-state index contributed by atoms with van der Waals surface area (Å²) in [6, 6.07) is 4.07. The van der Waals surface area contributed by atoms with Crippen LogP contribution in [0.1, 0.15) is 52.3 Å². The molecule has 0 bridgehead atoms. The molecule has 5 heteroatoms. The fraction of sp³-hybridized carbons (Fsp3) is 0.688. The maximum absolute atomic E-state index is 12.2. The highest BCUT2D eigenvalue weighted by atomic mass is 16.6. The number of aromatic amines is 1. The number of amides is 1. The number of likely N-dealkylation sites (tertiary alicyclic amines) is 1. The van der Waals surface area contributed by atoms with E-state index in [0.29, 0.717) is 6.61 Å². The van der Waals surface area contributed by atoms with Crippen LogP contribution in [-0.2, 0) is 9.47 Å². The average molecular weight is 294 g/mol. The molecule has 21 heavy (non-hydrogen) atoms. The molecule has 1 aliphatic rings. The SMILES string of the molecule is C[C@H](OC[C@H]1CCCN1C(=O)OC(C)(C)C)c1ccc[nH]1. The van der Waals surface area contributed by atoms with Crippen LogP contribution in [0.15, 0.2) is 18.3 Å². The molecule has 2 atom stereocenters. The van der Waals surface area contributed by atoms with Crippen molar-refractivity contribution in [1.29, 1.82) is 0 Å². The molecule has 0 aliphatic carbocycles. The van der Waals surface area contributed by atoms with E-state index >= 15 is 0 Å². The molecule has 0 aromatic carbocycles. The van der Waals surface area contributed by atoms with Gasteiger partial charge in [0.15, 0.2) is 0 Å². The summed E-state index contributed by atoms with van der Waals surface area (Å²) in [5, 5.41) is 0. The molecule has 0 radical (unpaired) electrons. The number of H-pyrrole nitrogens is 1. The Bertz CT molecular complexity index is 451. The van der Waals surface area contributed by atoms with Crippen LogP contribution in [0.5, 0.6) is 0 Å². The van der Waals surface area contributed by atoms with Gasteiger partial charge >= 0.3 is 6.09 Å². The lowest BCUT2D eigenvalue weighted by Crippen LogP contribution is -2.41. The Morgan fingerprint density at radius 1 is 1.52 bits per heavy atom. The summed E-state index contributed by atoms with van der Waals surface area (Å²) in [5.41, 5.74) is 0.597. The van der Waals surface area contributed by atoms with Crippen molar-refractivity contribution >= 4 is 6.09 Å². The van der Waals surface area contributed by atoms with E-state index in [-0.39, 0.29) is 18.2 Å². The minimum absolute atomic E-state index is 0.00101. The Labute approximate surface area is 126 Å². The van der Waals surface area contributed by atoms with Crippen LogP contribution in [-0.4, -0.2) is 40.8 Å². The van der Waals surface area contributed by atoms with Gasteiger partial charge in [0.1, 0.15) is 5.60 Å². The van der Waals surface area contributed by atoms with Crippen molar-refractivity contribution in [1.82, 2.24) is 9.88 Å². The van der Waals surface area contributed by atoms with Crippen LogP contribution in [0.2, 0.25) is 0 Å². The average Bonchev–Trinajstić information content (AvgIpc) is 3.04. The van der Waals surface area contributed by atoms with Gasteiger partial charge in [-0.2, -0.15) is 0 Å². The molecule has 2 heterocycles. The number of carbonyl (C=O) groups excluding carboxylic acids is 1. The standard InChI is InChI=1S/C16H26N2O3/c1-12(14-8-5-9-17-14)20-11-13-7-6-10-18(13)15(19)21-16(2,3)4/h5,8-9,12-13,17H,6-7,10-11H2,1-4H3/t12-,13+/m0/s1. The molecule has 0 saturated carbocycles. The Morgan fingerprint density at radius 2 is 2.29 bits per heavy atom. The second-order valence-corrected chi connectivity index (χ2v) is 6.57.